The number of rotatable bonds is 4. The number of pyridine rings is 1. The largest absolute Gasteiger partial charge is 0.481 e. The third-order valence-corrected chi connectivity index (χ3v) is 2.95. The molecule has 0 spiro atoms. The normalized spacial score (nSPS) is 10.1. The summed E-state index contributed by atoms with van der Waals surface area (Å²) >= 11 is 0. The molecule has 0 aliphatic heterocycles. The van der Waals surface area contributed by atoms with E-state index in [1.807, 2.05) is 48.5 Å². The summed E-state index contributed by atoms with van der Waals surface area (Å²) < 4.78 is 5.05. The lowest BCUT2D eigenvalue weighted by molar-refractivity contribution is 0.398. The molecule has 2 aromatic heterocycles. The Labute approximate surface area is 122 Å². The maximum atomic E-state index is 5.05. The molecule has 0 fully saturated rings. The van der Waals surface area contributed by atoms with Crippen LogP contribution < -0.4 is 10.1 Å². The zero-order valence-corrected chi connectivity index (χ0v) is 11.5. The van der Waals surface area contributed by atoms with Crippen molar-refractivity contribution >= 4 is 11.5 Å². The number of hydrogen-bond donors (Lipinski definition) is 1. The van der Waals surface area contributed by atoms with Crippen molar-refractivity contribution in [3.63, 3.8) is 0 Å². The van der Waals surface area contributed by atoms with E-state index in [1.165, 1.54) is 6.33 Å². The first-order chi connectivity index (χ1) is 10.3. The predicted molar refractivity (Wildman–Crippen MR) is 81.5 cm³/mol. The number of anilines is 2. The summed E-state index contributed by atoms with van der Waals surface area (Å²) in [6.07, 6.45) is 3.26. The second-order valence-electron chi connectivity index (χ2n) is 4.37. The molecule has 0 radical (unpaired) electrons. The lowest BCUT2D eigenvalue weighted by Gasteiger charge is -2.07. The Morgan fingerprint density at radius 3 is 2.52 bits per heavy atom. The van der Waals surface area contributed by atoms with Crippen molar-refractivity contribution in [1.82, 2.24) is 15.0 Å². The van der Waals surface area contributed by atoms with Crippen molar-refractivity contribution in [2.24, 2.45) is 0 Å². The number of benzene rings is 1. The summed E-state index contributed by atoms with van der Waals surface area (Å²) in [5, 5.41) is 3.24. The molecule has 0 aliphatic rings. The van der Waals surface area contributed by atoms with Gasteiger partial charge in [0.1, 0.15) is 12.1 Å². The molecule has 0 unspecified atom stereocenters. The highest BCUT2D eigenvalue weighted by molar-refractivity contribution is 5.64. The molecule has 0 saturated heterocycles. The SMILES string of the molecule is COc1ccc(-c2cc(Nc3ccccc3)ncn2)cn1. The Hall–Kier alpha value is -2.95. The molecular weight excluding hydrogens is 264 g/mol. The minimum atomic E-state index is 0.579. The first-order valence-corrected chi connectivity index (χ1v) is 6.50. The second kappa shape index (κ2) is 6.00. The van der Waals surface area contributed by atoms with Crippen LogP contribution in [-0.4, -0.2) is 22.1 Å². The fourth-order valence-electron chi connectivity index (χ4n) is 1.91. The molecule has 104 valence electrons. The maximum Gasteiger partial charge on any atom is 0.212 e. The number of nitrogens with zero attached hydrogens (tertiary/aromatic N) is 3. The molecule has 2 heterocycles. The van der Waals surface area contributed by atoms with Gasteiger partial charge in [-0.05, 0) is 18.2 Å². The number of nitrogens with one attached hydrogen (secondary N) is 1. The summed E-state index contributed by atoms with van der Waals surface area (Å²) in [7, 11) is 1.59. The zero-order valence-electron chi connectivity index (χ0n) is 11.5. The number of methoxy groups -OCH3 is 1. The van der Waals surface area contributed by atoms with Gasteiger partial charge in [-0.25, -0.2) is 15.0 Å². The molecule has 0 aliphatic carbocycles. The average Bonchev–Trinajstić information content (AvgIpc) is 2.56. The van der Waals surface area contributed by atoms with Crippen molar-refractivity contribution < 1.29 is 4.74 Å². The third kappa shape index (κ3) is 3.14. The van der Waals surface area contributed by atoms with Gasteiger partial charge < -0.3 is 10.1 Å². The summed E-state index contributed by atoms with van der Waals surface area (Å²) in [5.41, 5.74) is 2.70. The molecule has 0 bridgehead atoms. The Morgan fingerprint density at radius 1 is 0.952 bits per heavy atom. The van der Waals surface area contributed by atoms with E-state index in [4.69, 9.17) is 4.74 Å². The van der Waals surface area contributed by atoms with E-state index >= 15 is 0 Å². The molecule has 21 heavy (non-hydrogen) atoms. The van der Waals surface area contributed by atoms with Crippen molar-refractivity contribution in [2.45, 2.75) is 0 Å². The molecule has 3 aromatic rings. The van der Waals surface area contributed by atoms with E-state index in [-0.39, 0.29) is 0 Å². The van der Waals surface area contributed by atoms with Gasteiger partial charge >= 0.3 is 0 Å². The summed E-state index contributed by atoms with van der Waals surface area (Å²) in [5.74, 6) is 1.32. The summed E-state index contributed by atoms with van der Waals surface area (Å²) in [4.78, 5) is 12.7. The van der Waals surface area contributed by atoms with Crippen molar-refractivity contribution in [1.29, 1.82) is 0 Å². The highest BCUT2D eigenvalue weighted by atomic mass is 16.5. The van der Waals surface area contributed by atoms with Crippen molar-refractivity contribution in [3.05, 3.63) is 61.1 Å². The van der Waals surface area contributed by atoms with Crippen LogP contribution in [-0.2, 0) is 0 Å². The van der Waals surface area contributed by atoms with Gasteiger partial charge in [-0.1, -0.05) is 18.2 Å². The van der Waals surface area contributed by atoms with E-state index in [0.717, 1.165) is 22.8 Å². The standard InChI is InChI=1S/C16H14N4O/c1-21-16-8-7-12(10-17-16)14-9-15(19-11-18-14)20-13-5-3-2-4-6-13/h2-11H,1H3,(H,18,19,20). The van der Waals surface area contributed by atoms with Gasteiger partial charge in [0.15, 0.2) is 0 Å². The van der Waals surface area contributed by atoms with E-state index in [1.54, 1.807) is 13.3 Å². The first-order valence-electron chi connectivity index (χ1n) is 6.50. The first kappa shape index (κ1) is 13.1. The fraction of sp³-hybridized carbons (Fsp3) is 0.0625. The van der Waals surface area contributed by atoms with E-state index in [9.17, 15) is 0 Å². The number of aromatic nitrogens is 3. The number of para-hydroxylation sites is 1. The van der Waals surface area contributed by atoms with E-state index in [0.29, 0.717) is 5.88 Å². The monoisotopic (exact) mass is 278 g/mol. The second-order valence-corrected chi connectivity index (χ2v) is 4.37. The minimum absolute atomic E-state index is 0.579. The molecule has 5 nitrogen and oxygen atoms in total. The molecule has 5 heteroatoms. The quantitative estimate of drug-likeness (QED) is 0.793. The van der Waals surface area contributed by atoms with E-state index < -0.39 is 0 Å². The molecule has 1 aromatic carbocycles. The highest BCUT2D eigenvalue weighted by Gasteiger charge is 2.03. The van der Waals surface area contributed by atoms with Crippen molar-refractivity contribution in [3.8, 4) is 17.1 Å². The van der Waals surface area contributed by atoms with Crippen LogP contribution in [0.1, 0.15) is 0 Å². The smallest absolute Gasteiger partial charge is 0.212 e. The molecule has 0 amide bonds. The minimum Gasteiger partial charge on any atom is -0.481 e. The molecule has 3 rings (SSSR count). The average molecular weight is 278 g/mol. The van der Waals surface area contributed by atoms with Crippen LogP contribution in [0.2, 0.25) is 0 Å². The van der Waals surface area contributed by atoms with Gasteiger partial charge in [-0.2, -0.15) is 0 Å². The highest BCUT2D eigenvalue weighted by Crippen LogP contribution is 2.21. The molecule has 0 saturated carbocycles. The topological polar surface area (TPSA) is 59.9 Å². The third-order valence-electron chi connectivity index (χ3n) is 2.95. The van der Waals surface area contributed by atoms with Gasteiger partial charge in [-0.3, -0.25) is 0 Å². The van der Waals surface area contributed by atoms with Gasteiger partial charge in [0, 0.05) is 29.6 Å². The lowest BCUT2D eigenvalue weighted by atomic mass is 10.2. The fourth-order valence-corrected chi connectivity index (χ4v) is 1.91. The van der Waals surface area contributed by atoms with Crippen LogP contribution in [0, 0.1) is 0 Å². The molecular formula is C16H14N4O. The van der Waals surface area contributed by atoms with Crippen LogP contribution in [0.4, 0.5) is 11.5 Å². The van der Waals surface area contributed by atoms with E-state index in [2.05, 4.69) is 20.3 Å². The number of hydrogen-bond acceptors (Lipinski definition) is 5. The molecule has 1 N–H and O–H groups in total. The van der Waals surface area contributed by atoms with Gasteiger partial charge in [0.05, 0.1) is 12.8 Å². The predicted octanol–water partition coefficient (Wildman–Crippen LogP) is 3.29. The van der Waals surface area contributed by atoms with Crippen LogP contribution in [0.5, 0.6) is 5.88 Å². The maximum absolute atomic E-state index is 5.05. The zero-order chi connectivity index (χ0) is 14.5. The van der Waals surface area contributed by atoms with Crippen LogP contribution in [0.15, 0.2) is 61.1 Å². The van der Waals surface area contributed by atoms with Crippen molar-refractivity contribution in [2.75, 3.05) is 12.4 Å². The summed E-state index contributed by atoms with van der Waals surface area (Å²) in [6, 6.07) is 15.5. The van der Waals surface area contributed by atoms with Gasteiger partial charge in [0.25, 0.3) is 0 Å². The molecule has 0 atom stereocenters. The Kier molecular flexibility index (Phi) is 3.73. The van der Waals surface area contributed by atoms with Crippen LogP contribution in [0.3, 0.4) is 0 Å². The lowest BCUT2D eigenvalue weighted by Crippen LogP contribution is -1.95. The summed E-state index contributed by atoms with van der Waals surface area (Å²) in [6.45, 7) is 0. The van der Waals surface area contributed by atoms with Gasteiger partial charge in [0.2, 0.25) is 5.88 Å². The van der Waals surface area contributed by atoms with Gasteiger partial charge in [-0.15, -0.1) is 0 Å². The van der Waals surface area contributed by atoms with Crippen LogP contribution in [0.25, 0.3) is 11.3 Å². The van der Waals surface area contributed by atoms with Crippen LogP contribution >= 0.6 is 0 Å². The Bertz CT molecular complexity index is 714. The Balaban J connectivity index is 1.85. The Morgan fingerprint density at radius 2 is 1.81 bits per heavy atom. The number of ether oxygens (including phenoxy) is 1.